The van der Waals surface area contributed by atoms with Crippen LogP contribution in [0.2, 0.25) is 0 Å². The average Bonchev–Trinajstić information content (AvgIpc) is 2.28. The highest BCUT2D eigenvalue weighted by atomic mass is 79.9. The molecule has 1 atom stereocenters. The maximum Gasteiger partial charge on any atom is 0.308 e. The molecule has 0 aliphatic heterocycles. The summed E-state index contributed by atoms with van der Waals surface area (Å²) >= 11 is 3.11. The summed E-state index contributed by atoms with van der Waals surface area (Å²) < 4.78 is 13.9. The molecule has 0 saturated carbocycles. The van der Waals surface area contributed by atoms with Crippen molar-refractivity contribution in [2.75, 3.05) is 13.6 Å². The van der Waals surface area contributed by atoms with Crippen molar-refractivity contribution in [2.24, 2.45) is 5.92 Å². The Hall–Kier alpha value is -1.43. The van der Waals surface area contributed by atoms with Gasteiger partial charge in [0.05, 0.1) is 11.5 Å². The van der Waals surface area contributed by atoms with Gasteiger partial charge in [0.1, 0.15) is 5.82 Å². The van der Waals surface area contributed by atoms with Gasteiger partial charge in [0.2, 0.25) is 0 Å². The van der Waals surface area contributed by atoms with Crippen molar-refractivity contribution in [1.29, 1.82) is 0 Å². The molecule has 0 aliphatic rings. The zero-order valence-electron chi connectivity index (χ0n) is 9.98. The van der Waals surface area contributed by atoms with Gasteiger partial charge in [0.25, 0.3) is 5.91 Å². The summed E-state index contributed by atoms with van der Waals surface area (Å²) in [5.74, 6) is -2.89. The highest BCUT2D eigenvalue weighted by Crippen LogP contribution is 2.21. The van der Waals surface area contributed by atoms with Crippen molar-refractivity contribution < 1.29 is 19.1 Å². The second-order valence-electron chi connectivity index (χ2n) is 4.02. The Kier molecular flexibility index (Phi) is 4.84. The number of benzene rings is 1. The molecule has 6 heteroatoms. The summed E-state index contributed by atoms with van der Waals surface area (Å²) in [5.41, 5.74) is -0.0856. The highest BCUT2D eigenvalue weighted by molar-refractivity contribution is 9.10. The van der Waals surface area contributed by atoms with Gasteiger partial charge in [-0.15, -0.1) is 0 Å². The van der Waals surface area contributed by atoms with Gasteiger partial charge in [-0.1, -0.05) is 13.0 Å². The summed E-state index contributed by atoms with van der Waals surface area (Å²) in [6.45, 7) is 1.51. The molecule has 98 valence electrons. The normalized spacial score (nSPS) is 12.0. The van der Waals surface area contributed by atoms with Crippen molar-refractivity contribution in [3.8, 4) is 0 Å². The van der Waals surface area contributed by atoms with Crippen LogP contribution in [-0.4, -0.2) is 35.5 Å². The first-order valence-corrected chi connectivity index (χ1v) is 6.06. The fourth-order valence-corrected chi connectivity index (χ4v) is 1.98. The number of nitrogens with zero attached hydrogens (tertiary/aromatic N) is 1. The number of carboxylic acids is 1. The number of hydrogen-bond donors (Lipinski definition) is 1. The van der Waals surface area contributed by atoms with Gasteiger partial charge < -0.3 is 10.0 Å². The van der Waals surface area contributed by atoms with E-state index in [-0.39, 0.29) is 12.1 Å². The van der Waals surface area contributed by atoms with Gasteiger partial charge in [-0.3, -0.25) is 9.59 Å². The van der Waals surface area contributed by atoms with E-state index in [9.17, 15) is 14.0 Å². The smallest absolute Gasteiger partial charge is 0.308 e. The minimum Gasteiger partial charge on any atom is -0.481 e. The molecule has 0 radical (unpaired) electrons. The Bertz CT molecular complexity index is 458. The van der Waals surface area contributed by atoms with Crippen molar-refractivity contribution >= 4 is 27.8 Å². The van der Waals surface area contributed by atoms with Gasteiger partial charge in [-0.05, 0) is 28.1 Å². The molecule has 1 aromatic rings. The van der Waals surface area contributed by atoms with Gasteiger partial charge in [-0.2, -0.15) is 0 Å². The molecule has 0 fully saturated rings. The predicted octanol–water partition coefficient (Wildman–Crippen LogP) is 2.38. The highest BCUT2D eigenvalue weighted by Gasteiger charge is 2.22. The zero-order chi connectivity index (χ0) is 13.9. The van der Waals surface area contributed by atoms with Gasteiger partial charge >= 0.3 is 5.97 Å². The standard InChI is InChI=1S/C12H13BrFNO3/c1-7(12(17)18)6-15(2)11(16)10-8(13)4-3-5-9(10)14/h3-5,7H,6H2,1-2H3,(H,17,18). The molecular weight excluding hydrogens is 305 g/mol. The van der Waals surface area contributed by atoms with Gasteiger partial charge in [-0.25, -0.2) is 4.39 Å². The Morgan fingerprint density at radius 3 is 2.61 bits per heavy atom. The van der Waals surface area contributed by atoms with Crippen LogP contribution in [0.15, 0.2) is 22.7 Å². The number of amides is 1. The molecule has 1 aromatic carbocycles. The van der Waals surface area contributed by atoms with E-state index in [1.54, 1.807) is 6.07 Å². The lowest BCUT2D eigenvalue weighted by molar-refractivity contribution is -0.141. The fourth-order valence-electron chi connectivity index (χ4n) is 1.46. The Morgan fingerprint density at radius 1 is 1.50 bits per heavy atom. The lowest BCUT2D eigenvalue weighted by atomic mass is 10.1. The van der Waals surface area contributed by atoms with Gasteiger partial charge in [0.15, 0.2) is 0 Å². The molecule has 0 saturated heterocycles. The maximum absolute atomic E-state index is 13.6. The number of rotatable bonds is 4. The maximum atomic E-state index is 13.6. The summed E-state index contributed by atoms with van der Waals surface area (Å²) in [6, 6.07) is 4.23. The van der Waals surface area contributed by atoms with Crippen molar-refractivity contribution in [3.63, 3.8) is 0 Å². The molecule has 1 amide bonds. The van der Waals surface area contributed by atoms with Crippen LogP contribution < -0.4 is 0 Å². The van der Waals surface area contributed by atoms with Crippen LogP contribution in [0, 0.1) is 11.7 Å². The molecule has 0 heterocycles. The van der Waals surface area contributed by atoms with Crippen LogP contribution in [0.25, 0.3) is 0 Å². The van der Waals surface area contributed by atoms with E-state index in [0.717, 1.165) is 0 Å². The lowest BCUT2D eigenvalue weighted by Crippen LogP contribution is -2.34. The van der Waals surface area contributed by atoms with Crippen molar-refractivity contribution in [1.82, 2.24) is 4.90 Å². The molecule has 18 heavy (non-hydrogen) atoms. The number of carbonyl (C=O) groups excluding carboxylic acids is 1. The van der Waals surface area contributed by atoms with Crippen LogP contribution in [0.4, 0.5) is 4.39 Å². The Morgan fingerprint density at radius 2 is 2.11 bits per heavy atom. The fraction of sp³-hybridized carbons (Fsp3) is 0.333. The quantitative estimate of drug-likeness (QED) is 0.927. The topological polar surface area (TPSA) is 57.6 Å². The van der Waals surface area contributed by atoms with E-state index in [1.165, 1.54) is 31.0 Å². The first-order valence-electron chi connectivity index (χ1n) is 5.27. The van der Waals surface area contributed by atoms with E-state index in [2.05, 4.69) is 15.9 Å². The zero-order valence-corrected chi connectivity index (χ0v) is 11.6. The Balaban J connectivity index is 2.90. The van der Waals surface area contributed by atoms with Crippen LogP contribution >= 0.6 is 15.9 Å². The van der Waals surface area contributed by atoms with Crippen molar-refractivity contribution in [3.05, 3.63) is 34.1 Å². The monoisotopic (exact) mass is 317 g/mol. The minimum absolute atomic E-state index is 0.0228. The van der Waals surface area contributed by atoms with Crippen LogP contribution in [0.1, 0.15) is 17.3 Å². The molecular formula is C12H13BrFNO3. The molecule has 1 rings (SSSR count). The predicted molar refractivity (Wildman–Crippen MR) is 67.9 cm³/mol. The summed E-state index contributed by atoms with van der Waals surface area (Å²) in [7, 11) is 1.45. The first-order chi connectivity index (χ1) is 8.34. The lowest BCUT2D eigenvalue weighted by Gasteiger charge is -2.20. The second kappa shape index (κ2) is 5.95. The van der Waals surface area contributed by atoms with E-state index < -0.39 is 23.6 Å². The molecule has 4 nitrogen and oxygen atoms in total. The second-order valence-corrected chi connectivity index (χ2v) is 4.88. The average molecular weight is 318 g/mol. The summed E-state index contributed by atoms with van der Waals surface area (Å²) in [6.07, 6.45) is 0. The van der Waals surface area contributed by atoms with E-state index in [1.807, 2.05) is 0 Å². The van der Waals surface area contributed by atoms with Crippen LogP contribution in [-0.2, 0) is 4.79 Å². The number of aliphatic carboxylic acids is 1. The molecule has 0 aromatic heterocycles. The molecule has 0 spiro atoms. The number of hydrogen-bond acceptors (Lipinski definition) is 2. The molecule has 1 N–H and O–H groups in total. The van der Waals surface area contributed by atoms with Gasteiger partial charge in [0, 0.05) is 18.1 Å². The number of carboxylic acid groups (broad SMARTS) is 1. The number of carbonyl (C=O) groups is 2. The van der Waals surface area contributed by atoms with Crippen LogP contribution in [0.3, 0.4) is 0 Å². The SMILES string of the molecule is CC(CN(C)C(=O)c1c(F)cccc1Br)C(=O)O. The summed E-state index contributed by atoms with van der Waals surface area (Å²) in [4.78, 5) is 23.9. The van der Waals surface area contributed by atoms with E-state index in [4.69, 9.17) is 5.11 Å². The first kappa shape index (κ1) is 14.6. The number of halogens is 2. The van der Waals surface area contributed by atoms with Crippen LogP contribution in [0.5, 0.6) is 0 Å². The Labute approximate surface area is 113 Å². The third kappa shape index (κ3) is 3.29. The largest absolute Gasteiger partial charge is 0.481 e. The minimum atomic E-state index is -0.998. The molecule has 1 unspecified atom stereocenters. The van der Waals surface area contributed by atoms with E-state index in [0.29, 0.717) is 4.47 Å². The van der Waals surface area contributed by atoms with Crippen molar-refractivity contribution in [2.45, 2.75) is 6.92 Å². The third-order valence-corrected chi connectivity index (χ3v) is 3.15. The molecule has 0 aliphatic carbocycles. The molecule has 0 bridgehead atoms. The summed E-state index contributed by atoms with van der Waals surface area (Å²) in [5, 5.41) is 8.77. The third-order valence-electron chi connectivity index (χ3n) is 2.49. The van der Waals surface area contributed by atoms with E-state index >= 15 is 0 Å².